The van der Waals surface area contributed by atoms with E-state index in [1.54, 1.807) is 24.3 Å². The van der Waals surface area contributed by atoms with E-state index in [0.29, 0.717) is 5.69 Å². The summed E-state index contributed by atoms with van der Waals surface area (Å²) in [5.74, 6) is -0.711. The van der Waals surface area contributed by atoms with Gasteiger partial charge in [-0.05, 0) is 43.7 Å². The normalized spacial score (nSPS) is 10.2. The van der Waals surface area contributed by atoms with E-state index in [1.165, 1.54) is 6.07 Å². The van der Waals surface area contributed by atoms with Gasteiger partial charge in [-0.25, -0.2) is 4.39 Å². The third kappa shape index (κ3) is 3.82. The predicted molar refractivity (Wildman–Crippen MR) is 76.4 cm³/mol. The van der Waals surface area contributed by atoms with Gasteiger partial charge in [-0.1, -0.05) is 23.8 Å². The highest BCUT2D eigenvalue weighted by molar-refractivity contribution is 5.91. The summed E-state index contributed by atoms with van der Waals surface area (Å²) in [5.41, 5.74) is 2.68. The molecule has 2 aromatic rings. The molecule has 0 aliphatic rings. The summed E-state index contributed by atoms with van der Waals surface area (Å²) in [4.78, 5) is 11.7. The van der Waals surface area contributed by atoms with Crippen LogP contribution in [-0.4, -0.2) is 12.5 Å². The van der Waals surface area contributed by atoms with Crippen LogP contribution >= 0.6 is 0 Å². The van der Waals surface area contributed by atoms with Gasteiger partial charge in [-0.2, -0.15) is 0 Å². The van der Waals surface area contributed by atoms with Gasteiger partial charge in [0.15, 0.2) is 18.2 Å². The van der Waals surface area contributed by atoms with Gasteiger partial charge in [-0.15, -0.1) is 0 Å². The monoisotopic (exact) mass is 273 g/mol. The molecule has 0 aliphatic heterocycles. The Kier molecular flexibility index (Phi) is 4.35. The van der Waals surface area contributed by atoms with E-state index >= 15 is 0 Å². The van der Waals surface area contributed by atoms with E-state index in [0.717, 1.165) is 11.1 Å². The fourth-order valence-corrected chi connectivity index (χ4v) is 1.70. The molecule has 0 heterocycles. The van der Waals surface area contributed by atoms with Crippen molar-refractivity contribution in [2.45, 2.75) is 13.8 Å². The molecule has 20 heavy (non-hydrogen) atoms. The van der Waals surface area contributed by atoms with E-state index in [4.69, 9.17) is 4.74 Å². The van der Waals surface area contributed by atoms with E-state index in [2.05, 4.69) is 5.32 Å². The molecule has 1 N–H and O–H groups in total. The SMILES string of the molecule is Cc1ccc(NC(=O)COc2cc(C)ccc2F)cc1. The number of carbonyl (C=O) groups excluding carboxylic acids is 1. The minimum atomic E-state index is -0.473. The van der Waals surface area contributed by atoms with Crippen LogP contribution in [0.15, 0.2) is 42.5 Å². The van der Waals surface area contributed by atoms with Crippen LogP contribution in [0.3, 0.4) is 0 Å². The van der Waals surface area contributed by atoms with Crippen LogP contribution in [0.1, 0.15) is 11.1 Å². The van der Waals surface area contributed by atoms with Gasteiger partial charge in [0.05, 0.1) is 0 Å². The Morgan fingerprint density at radius 2 is 1.75 bits per heavy atom. The zero-order chi connectivity index (χ0) is 14.5. The molecule has 2 rings (SSSR count). The van der Waals surface area contributed by atoms with Gasteiger partial charge in [0.1, 0.15) is 0 Å². The Bertz CT molecular complexity index is 608. The summed E-state index contributed by atoms with van der Waals surface area (Å²) in [5, 5.41) is 2.69. The van der Waals surface area contributed by atoms with Gasteiger partial charge in [0, 0.05) is 5.69 Å². The van der Waals surface area contributed by atoms with Gasteiger partial charge in [-0.3, -0.25) is 4.79 Å². The Balaban J connectivity index is 1.92. The van der Waals surface area contributed by atoms with Crippen molar-refractivity contribution in [2.75, 3.05) is 11.9 Å². The number of benzene rings is 2. The van der Waals surface area contributed by atoms with Gasteiger partial charge in [0.2, 0.25) is 0 Å². The summed E-state index contributed by atoms with van der Waals surface area (Å²) in [6, 6.07) is 11.9. The molecule has 0 saturated carbocycles. The van der Waals surface area contributed by atoms with E-state index in [1.807, 2.05) is 26.0 Å². The van der Waals surface area contributed by atoms with Crippen LogP contribution in [0, 0.1) is 19.7 Å². The van der Waals surface area contributed by atoms with Crippen LogP contribution in [0.5, 0.6) is 5.75 Å². The summed E-state index contributed by atoms with van der Waals surface area (Å²) >= 11 is 0. The molecule has 0 spiro atoms. The first-order chi connectivity index (χ1) is 9.54. The molecule has 0 atom stereocenters. The van der Waals surface area contributed by atoms with Crippen LogP contribution < -0.4 is 10.1 Å². The average molecular weight is 273 g/mol. The molecule has 0 aliphatic carbocycles. The summed E-state index contributed by atoms with van der Waals surface area (Å²) in [6.45, 7) is 3.57. The number of rotatable bonds is 4. The predicted octanol–water partition coefficient (Wildman–Crippen LogP) is 3.46. The van der Waals surface area contributed by atoms with E-state index in [9.17, 15) is 9.18 Å². The van der Waals surface area contributed by atoms with Crippen molar-refractivity contribution in [1.29, 1.82) is 0 Å². The summed E-state index contributed by atoms with van der Waals surface area (Å²) in [6.07, 6.45) is 0. The molecule has 104 valence electrons. The lowest BCUT2D eigenvalue weighted by Gasteiger charge is -2.09. The van der Waals surface area contributed by atoms with Crippen molar-refractivity contribution in [3.63, 3.8) is 0 Å². The smallest absolute Gasteiger partial charge is 0.262 e. The second kappa shape index (κ2) is 6.19. The number of nitrogens with one attached hydrogen (secondary N) is 1. The minimum absolute atomic E-state index is 0.0871. The van der Waals surface area contributed by atoms with Crippen molar-refractivity contribution >= 4 is 11.6 Å². The Morgan fingerprint density at radius 1 is 1.10 bits per heavy atom. The van der Waals surface area contributed by atoms with Crippen LogP contribution in [0.25, 0.3) is 0 Å². The largest absolute Gasteiger partial charge is 0.481 e. The number of ether oxygens (including phenoxy) is 1. The number of hydrogen-bond acceptors (Lipinski definition) is 2. The number of aryl methyl sites for hydroxylation is 2. The lowest BCUT2D eigenvalue weighted by atomic mass is 10.2. The zero-order valence-corrected chi connectivity index (χ0v) is 11.4. The second-order valence-corrected chi connectivity index (χ2v) is 4.64. The number of halogens is 1. The van der Waals surface area contributed by atoms with Crippen LogP contribution in [0.2, 0.25) is 0 Å². The quantitative estimate of drug-likeness (QED) is 0.926. The molecule has 3 nitrogen and oxygen atoms in total. The maximum Gasteiger partial charge on any atom is 0.262 e. The molecule has 0 radical (unpaired) electrons. The fraction of sp³-hybridized carbons (Fsp3) is 0.188. The van der Waals surface area contributed by atoms with E-state index < -0.39 is 5.82 Å². The first-order valence-electron chi connectivity index (χ1n) is 6.30. The number of hydrogen-bond donors (Lipinski definition) is 1. The third-order valence-corrected chi connectivity index (χ3v) is 2.78. The summed E-state index contributed by atoms with van der Waals surface area (Å²) in [7, 11) is 0. The van der Waals surface area contributed by atoms with Crippen molar-refractivity contribution in [1.82, 2.24) is 0 Å². The maximum absolute atomic E-state index is 13.4. The third-order valence-electron chi connectivity index (χ3n) is 2.78. The molecule has 2 aromatic carbocycles. The lowest BCUT2D eigenvalue weighted by Crippen LogP contribution is -2.20. The molecule has 0 unspecified atom stereocenters. The molecule has 1 amide bonds. The van der Waals surface area contributed by atoms with Crippen LogP contribution in [-0.2, 0) is 4.79 Å². The lowest BCUT2D eigenvalue weighted by molar-refractivity contribution is -0.118. The average Bonchev–Trinajstić information content (AvgIpc) is 2.42. The first kappa shape index (κ1) is 14.1. The number of anilines is 1. The highest BCUT2D eigenvalue weighted by Crippen LogP contribution is 2.18. The molecule has 0 aromatic heterocycles. The molecule has 0 saturated heterocycles. The highest BCUT2D eigenvalue weighted by atomic mass is 19.1. The summed E-state index contributed by atoms with van der Waals surface area (Å²) < 4.78 is 18.6. The molecule has 0 fully saturated rings. The van der Waals surface area contributed by atoms with Crippen LogP contribution in [0.4, 0.5) is 10.1 Å². The van der Waals surface area contributed by atoms with Crippen molar-refractivity contribution in [2.24, 2.45) is 0 Å². The maximum atomic E-state index is 13.4. The van der Waals surface area contributed by atoms with Gasteiger partial charge >= 0.3 is 0 Å². The molecule has 0 bridgehead atoms. The number of carbonyl (C=O) groups is 1. The minimum Gasteiger partial charge on any atom is -0.481 e. The van der Waals surface area contributed by atoms with E-state index in [-0.39, 0.29) is 18.3 Å². The van der Waals surface area contributed by atoms with Crippen molar-refractivity contribution < 1.29 is 13.9 Å². The van der Waals surface area contributed by atoms with Gasteiger partial charge < -0.3 is 10.1 Å². The molecule has 4 heteroatoms. The Morgan fingerprint density at radius 3 is 2.45 bits per heavy atom. The highest BCUT2D eigenvalue weighted by Gasteiger charge is 2.07. The van der Waals surface area contributed by atoms with Gasteiger partial charge in [0.25, 0.3) is 5.91 Å². The standard InChI is InChI=1S/C16H16FNO2/c1-11-3-6-13(7-4-11)18-16(19)10-20-15-9-12(2)5-8-14(15)17/h3-9H,10H2,1-2H3,(H,18,19). The molecular formula is C16H16FNO2. The fourth-order valence-electron chi connectivity index (χ4n) is 1.70. The zero-order valence-electron chi connectivity index (χ0n) is 11.4. The Hall–Kier alpha value is -2.36. The van der Waals surface area contributed by atoms with Crippen molar-refractivity contribution in [3.8, 4) is 5.75 Å². The molecular weight excluding hydrogens is 257 g/mol. The Labute approximate surface area is 117 Å². The second-order valence-electron chi connectivity index (χ2n) is 4.64. The topological polar surface area (TPSA) is 38.3 Å². The first-order valence-corrected chi connectivity index (χ1v) is 6.30. The van der Waals surface area contributed by atoms with Crippen molar-refractivity contribution in [3.05, 3.63) is 59.4 Å². The number of amides is 1.